The third kappa shape index (κ3) is 5.31. The molecule has 15 heavy (non-hydrogen) atoms. The summed E-state index contributed by atoms with van der Waals surface area (Å²) in [6.07, 6.45) is 0.606. The molecule has 6 heteroatoms. The van der Waals surface area contributed by atoms with Crippen molar-refractivity contribution in [1.82, 2.24) is 0 Å². The quantitative estimate of drug-likeness (QED) is 0.529. The summed E-state index contributed by atoms with van der Waals surface area (Å²) in [7, 11) is 0.0835. The standard InChI is InChI=1S/C9H17ClF3OS/c1-8(2,15(3)4)5-6-14-9(12,13)7(10)11/h7H,5-6H2,1-4H3/q+1. The summed E-state index contributed by atoms with van der Waals surface area (Å²) >= 11 is 4.64. The van der Waals surface area contributed by atoms with E-state index in [0.29, 0.717) is 6.42 Å². The van der Waals surface area contributed by atoms with Gasteiger partial charge in [-0.25, -0.2) is 4.39 Å². The molecular weight excluding hydrogens is 249 g/mol. The number of alkyl halides is 4. The number of halogens is 4. The molecule has 0 N–H and O–H groups in total. The van der Waals surface area contributed by atoms with Crippen LogP contribution in [0.2, 0.25) is 0 Å². The second-order valence-corrected chi connectivity index (χ2v) is 7.16. The van der Waals surface area contributed by atoms with E-state index in [9.17, 15) is 13.2 Å². The van der Waals surface area contributed by atoms with Crippen LogP contribution in [0.15, 0.2) is 0 Å². The van der Waals surface area contributed by atoms with Gasteiger partial charge in [0.15, 0.2) is 0 Å². The number of rotatable bonds is 6. The van der Waals surface area contributed by atoms with Gasteiger partial charge in [-0.1, -0.05) is 11.6 Å². The summed E-state index contributed by atoms with van der Waals surface area (Å²) in [6.45, 7) is 3.73. The van der Waals surface area contributed by atoms with E-state index in [1.54, 1.807) is 0 Å². The van der Waals surface area contributed by atoms with Gasteiger partial charge in [0, 0.05) is 6.42 Å². The fourth-order valence-electron chi connectivity index (χ4n) is 0.700. The Kier molecular flexibility index (Phi) is 5.79. The molecule has 0 heterocycles. The Morgan fingerprint density at radius 1 is 1.33 bits per heavy atom. The van der Waals surface area contributed by atoms with Gasteiger partial charge in [-0.15, -0.1) is 0 Å². The lowest BCUT2D eigenvalue weighted by molar-refractivity contribution is -0.257. The highest BCUT2D eigenvalue weighted by Gasteiger charge is 2.41. The first-order chi connectivity index (χ1) is 6.59. The minimum atomic E-state index is -3.89. The Bertz CT molecular complexity index is 178. The molecule has 0 saturated carbocycles. The van der Waals surface area contributed by atoms with E-state index in [4.69, 9.17) is 0 Å². The van der Waals surface area contributed by atoms with Crippen LogP contribution in [-0.4, -0.2) is 35.6 Å². The lowest BCUT2D eigenvalue weighted by Crippen LogP contribution is -2.35. The van der Waals surface area contributed by atoms with Crippen LogP contribution in [0, 0.1) is 0 Å². The molecule has 1 atom stereocenters. The van der Waals surface area contributed by atoms with E-state index in [-0.39, 0.29) is 22.2 Å². The van der Waals surface area contributed by atoms with Crippen LogP contribution in [0.25, 0.3) is 0 Å². The molecule has 1 unspecified atom stereocenters. The Morgan fingerprint density at radius 3 is 2.13 bits per heavy atom. The topological polar surface area (TPSA) is 9.23 Å². The number of hydrogen-bond acceptors (Lipinski definition) is 1. The molecule has 0 amide bonds. The van der Waals surface area contributed by atoms with E-state index in [1.165, 1.54) is 0 Å². The van der Waals surface area contributed by atoms with Crippen molar-refractivity contribution in [2.75, 3.05) is 19.1 Å². The first kappa shape index (κ1) is 15.4. The SMILES string of the molecule is C[S+](C)C(C)(C)CCOC(F)(F)C(F)Cl. The number of hydrogen-bond donors (Lipinski definition) is 0. The molecule has 0 fully saturated rings. The van der Waals surface area contributed by atoms with Gasteiger partial charge in [0.2, 0.25) is 0 Å². The van der Waals surface area contributed by atoms with E-state index < -0.39 is 11.7 Å². The lowest BCUT2D eigenvalue weighted by Gasteiger charge is -2.23. The Labute approximate surface area is 96.7 Å². The summed E-state index contributed by atoms with van der Waals surface area (Å²) in [5.74, 6) is 0. The summed E-state index contributed by atoms with van der Waals surface area (Å²) in [5, 5.41) is 0. The first-order valence-corrected chi connectivity index (χ1v) is 6.95. The zero-order valence-electron chi connectivity index (χ0n) is 9.32. The van der Waals surface area contributed by atoms with E-state index in [2.05, 4.69) is 16.3 Å². The molecule has 0 rings (SSSR count). The molecule has 0 aliphatic rings. The maximum Gasteiger partial charge on any atom is 0.400 e. The molecule has 0 aromatic heterocycles. The van der Waals surface area contributed by atoms with Crippen LogP contribution >= 0.6 is 11.6 Å². The molecule has 0 aliphatic carbocycles. The van der Waals surface area contributed by atoms with Crippen LogP contribution in [-0.2, 0) is 15.6 Å². The Morgan fingerprint density at radius 2 is 1.80 bits per heavy atom. The third-order valence-electron chi connectivity index (χ3n) is 2.36. The van der Waals surface area contributed by atoms with E-state index in [1.807, 2.05) is 26.4 Å². The molecule has 0 aromatic carbocycles. The maximum atomic E-state index is 12.6. The van der Waals surface area contributed by atoms with Crippen LogP contribution in [0.3, 0.4) is 0 Å². The van der Waals surface area contributed by atoms with Crippen LogP contribution < -0.4 is 0 Å². The van der Waals surface area contributed by atoms with Crippen LogP contribution in [0.1, 0.15) is 20.3 Å². The minimum Gasteiger partial charge on any atom is -0.317 e. The zero-order chi connectivity index (χ0) is 12.3. The Hall–Kier alpha value is 0.390. The van der Waals surface area contributed by atoms with E-state index >= 15 is 0 Å². The van der Waals surface area contributed by atoms with Crippen molar-refractivity contribution in [2.24, 2.45) is 0 Å². The third-order valence-corrected chi connectivity index (χ3v) is 5.03. The fraction of sp³-hybridized carbons (Fsp3) is 1.00. The van der Waals surface area contributed by atoms with Crippen LogP contribution in [0.4, 0.5) is 13.2 Å². The predicted molar refractivity (Wildman–Crippen MR) is 59.6 cm³/mol. The van der Waals surface area contributed by atoms with Gasteiger partial charge < -0.3 is 4.74 Å². The monoisotopic (exact) mass is 265 g/mol. The molecule has 0 bridgehead atoms. The smallest absolute Gasteiger partial charge is 0.317 e. The molecule has 1 nitrogen and oxygen atoms in total. The summed E-state index contributed by atoms with van der Waals surface area (Å²) < 4.78 is 41.4. The van der Waals surface area contributed by atoms with Gasteiger partial charge in [-0.3, -0.25) is 0 Å². The Balaban J connectivity index is 4.00. The van der Waals surface area contributed by atoms with Gasteiger partial charge in [-0.2, -0.15) is 8.78 Å². The lowest BCUT2D eigenvalue weighted by atomic mass is 10.1. The van der Waals surface area contributed by atoms with Crippen molar-refractivity contribution in [3.05, 3.63) is 0 Å². The van der Waals surface area contributed by atoms with Crippen molar-refractivity contribution in [3.8, 4) is 0 Å². The average Bonchev–Trinajstić information content (AvgIpc) is 2.02. The van der Waals surface area contributed by atoms with Crippen molar-refractivity contribution >= 4 is 22.5 Å². The number of ether oxygens (including phenoxy) is 1. The van der Waals surface area contributed by atoms with Gasteiger partial charge in [0.25, 0.3) is 5.63 Å². The minimum absolute atomic E-state index is 0.0835. The van der Waals surface area contributed by atoms with Crippen molar-refractivity contribution in [3.63, 3.8) is 0 Å². The highest BCUT2D eigenvalue weighted by Crippen LogP contribution is 2.28. The highest BCUT2D eigenvalue weighted by molar-refractivity contribution is 7.96. The second-order valence-electron chi connectivity index (χ2n) is 4.04. The van der Waals surface area contributed by atoms with Gasteiger partial charge in [0.1, 0.15) is 4.75 Å². The van der Waals surface area contributed by atoms with Crippen molar-refractivity contribution in [2.45, 2.75) is 36.8 Å². The molecule has 0 radical (unpaired) electrons. The molecule has 0 aromatic rings. The summed E-state index contributed by atoms with van der Waals surface area (Å²) in [5.41, 5.74) is -2.79. The molecule has 0 aliphatic heterocycles. The molecular formula is C9H17ClF3OS+. The van der Waals surface area contributed by atoms with Gasteiger partial charge in [0.05, 0.1) is 19.1 Å². The molecule has 92 valence electrons. The van der Waals surface area contributed by atoms with Crippen molar-refractivity contribution < 1.29 is 17.9 Å². The summed E-state index contributed by atoms with van der Waals surface area (Å²) in [6, 6.07) is 0. The average molecular weight is 266 g/mol. The second kappa shape index (κ2) is 5.64. The normalized spacial score (nSPS) is 15.8. The van der Waals surface area contributed by atoms with Gasteiger partial charge >= 0.3 is 6.11 Å². The van der Waals surface area contributed by atoms with Gasteiger partial charge in [-0.05, 0) is 24.7 Å². The fourth-order valence-corrected chi connectivity index (χ4v) is 1.25. The van der Waals surface area contributed by atoms with E-state index in [0.717, 1.165) is 0 Å². The molecule has 0 saturated heterocycles. The highest BCUT2D eigenvalue weighted by atomic mass is 35.5. The van der Waals surface area contributed by atoms with Crippen LogP contribution in [0.5, 0.6) is 0 Å². The summed E-state index contributed by atoms with van der Waals surface area (Å²) in [4.78, 5) is 0. The first-order valence-electron chi connectivity index (χ1n) is 4.47. The molecule has 0 spiro atoms. The zero-order valence-corrected chi connectivity index (χ0v) is 10.9. The van der Waals surface area contributed by atoms with Crippen molar-refractivity contribution in [1.29, 1.82) is 0 Å². The maximum absolute atomic E-state index is 12.6. The largest absolute Gasteiger partial charge is 0.400 e. The predicted octanol–water partition coefficient (Wildman–Crippen LogP) is 3.18.